The van der Waals surface area contributed by atoms with Crippen LogP contribution in [0.15, 0.2) is 12.3 Å². The maximum Gasteiger partial charge on any atom is 0.227 e. The molecule has 0 amide bonds. The van der Waals surface area contributed by atoms with Crippen LogP contribution in [0.1, 0.15) is 38.5 Å². The first-order chi connectivity index (χ1) is 9.14. The number of hydrogen-bond donors (Lipinski definition) is 1. The van der Waals surface area contributed by atoms with Crippen LogP contribution in [0.5, 0.6) is 0 Å². The lowest BCUT2D eigenvalue weighted by Gasteiger charge is -2.59. The summed E-state index contributed by atoms with van der Waals surface area (Å²) in [6, 6.07) is 1.76. The quantitative estimate of drug-likeness (QED) is 0.885. The lowest BCUT2D eigenvalue weighted by Crippen LogP contribution is -2.59. The fraction of sp³-hybridized carbons (Fsp3) is 0.733. The molecule has 1 aromatic heterocycles. The summed E-state index contributed by atoms with van der Waals surface area (Å²) in [5.41, 5.74) is 6.12. The average molecular weight is 258 g/mol. The second kappa shape index (κ2) is 3.84. The Bertz CT molecular complexity index is 463. The highest BCUT2D eigenvalue weighted by atomic mass is 15.3. The maximum atomic E-state index is 5.81. The van der Waals surface area contributed by atoms with Crippen LogP contribution in [0.3, 0.4) is 0 Å². The van der Waals surface area contributed by atoms with Crippen LogP contribution in [0.4, 0.5) is 11.8 Å². The number of hydrogen-bond acceptors (Lipinski definition) is 4. The van der Waals surface area contributed by atoms with E-state index in [1.165, 1.54) is 38.5 Å². The third kappa shape index (κ3) is 1.72. The van der Waals surface area contributed by atoms with Gasteiger partial charge in [-0.1, -0.05) is 0 Å². The summed E-state index contributed by atoms with van der Waals surface area (Å²) in [5, 5.41) is 0. The lowest BCUT2D eigenvalue weighted by molar-refractivity contribution is -0.00258. The van der Waals surface area contributed by atoms with Gasteiger partial charge in [-0.25, -0.2) is 4.98 Å². The molecule has 0 saturated heterocycles. The SMILES string of the molecule is CN(c1nccc(N)n1)C12CC3CC(CC(C3)C1)C2. The van der Waals surface area contributed by atoms with Gasteiger partial charge in [0.15, 0.2) is 0 Å². The fourth-order valence-corrected chi connectivity index (χ4v) is 5.21. The van der Waals surface area contributed by atoms with Gasteiger partial charge in [-0.2, -0.15) is 4.98 Å². The Hall–Kier alpha value is -1.32. The zero-order valence-corrected chi connectivity index (χ0v) is 11.5. The minimum absolute atomic E-state index is 0.308. The van der Waals surface area contributed by atoms with E-state index in [9.17, 15) is 0 Å². The van der Waals surface area contributed by atoms with Crippen molar-refractivity contribution in [2.24, 2.45) is 17.8 Å². The van der Waals surface area contributed by atoms with Gasteiger partial charge >= 0.3 is 0 Å². The Balaban J connectivity index is 1.68. The number of anilines is 2. The highest BCUT2D eigenvalue weighted by molar-refractivity contribution is 5.41. The molecule has 4 saturated carbocycles. The minimum atomic E-state index is 0.308. The molecule has 5 rings (SSSR count). The smallest absolute Gasteiger partial charge is 0.227 e. The van der Waals surface area contributed by atoms with Crippen molar-refractivity contribution in [3.05, 3.63) is 12.3 Å². The third-order valence-corrected chi connectivity index (χ3v) is 5.68. The molecule has 4 nitrogen and oxygen atoms in total. The molecular formula is C15H22N4. The van der Waals surface area contributed by atoms with Crippen LogP contribution in [-0.2, 0) is 0 Å². The standard InChI is InChI=1S/C15H22N4/c1-19(14-17-3-2-13(16)18-14)15-7-10-4-11(8-15)6-12(5-10)9-15/h2-3,10-12H,4-9H2,1H3,(H2,16,17,18). The van der Waals surface area contributed by atoms with E-state index in [4.69, 9.17) is 5.73 Å². The van der Waals surface area contributed by atoms with Crippen molar-refractivity contribution < 1.29 is 0 Å². The molecule has 4 fully saturated rings. The molecule has 0 aromatic carbocycles. The highest BCUT2D eigenvalue weighted by Gasteiger charge is 2.53. The highest BCUT2D eigenvalue weighted by Crippen LogP contribution is 2.57. The van der Waals surface area contributed by atoms with Gasteiger partial charge in [0.2, 0.25) is 5.95 Å². The first-order valence-corrected chi connectivity index (χ1v) is 7.47. The van der Waals surface area contributed by atoms with Crippen LogP contribution in [0.25, 0.3) is 0 Å². The van der Waals surface area contributed by atoms with Crippen LogP contribution in [-0.4, -0.2) is 22.6 Å². The summed E-state index contributed by atoms with van der Waals surface area (Å²) in [5.74, 6) is 4.20. The first-order valence-electron chi connectivity index (χ1n) is 7.47. The molecule has 4 aliphatic carbocycles. The molecule has 0 atom stereocenters. The van der Waals surface area contributed by atoms with Crippen LogP contribution < -0.4 is 10.6 Å². The number of nitrogens with two attached hydrogens (primary N) is 1. The monoisotopic (exact) mass is 258 g/mol. The molecule has 1 aromatic rings. The van der Waals surface area contributed by atoms with E-state index >= 15 is 0 Å². The lowest BCUT2D eigenvalue weighted by atomic mass is 9.52. The second-order valence-corrected chi connectivity index (χ2v) is 6.98. The molecule has 0 radical (unpaired) electrons. The molecule has 19 heavy (non-hydrogen) atoms. The summed E-state index contributed by atoms with van der Waals surface area (Å²) in [7, 11) is 2.17. The van der Waals surface area contributed by atoms with Gasteiger partial charge in [0.25, 0.3) is 0 Å². The molecule has 102 valence electrons. The normalized spacial score (nSPS) is 39.5. The summed E-state index contributed by atoms with van der Waals surface area (Å²) in [6.07, 6.45) is 10.1. The third-order valence-electron chi connectivity index (χ3n) is 5.68. The predicted molar refractivity (Wildman–Crippen MR) is 75.8 cm³/mol. The summed E-state index contributed by atoms with van der Waals surface area (Å²) in [6.45, 7) is 0. The van der Waals surface area contributed by atoms with Crippen molar-refractivity contribution in [3.8, 4) is 0 Å². The van der Waals surface area contributed by atoms with Gasteiger partial charge in [0.05, 0.1) is 0 Å². The van der Waals surface area contributed by atoms with E-state index in [0.717, 1.165) is 23.7 Å². The van der Waals surface area contributed by atoms with E-state index < -0.39 is 0 Å². The Morgan fingerprint density at radius 2 is 1.74 bits per heavy atom. The van der Waals surface area contributed by atoms with Crippen molar-refractivity contribution in [2.75, 3.05) is 17.7 Å². The molecule has 0 aliphatic heterocycles. The number of nitrogens with zero attached hydrogens (tertiary/aromatic N) is 3. The van der Waals surface area contributed by atoms with Crippen molar-refractivity contribution >= 4 is 11.8 Å². The van der Waals surface area contributed by atoms with Crippen molar-refractivity contribution in [1.29, 1.82) is 0 Å². The van der Waals surface area contributed by atoms with Crippen LogP contribution >= 0.6 is 0 Å². The van der Waals surface area contributed by atoms with Crippen molar-refractivity contribution in [2.45, 2.75) is 44.1 Å². The Kier molecular flexibility index (Phi) is 2.32. The number of aromatic nitrogens is 2. The van der Waals surface area contributed by atoms with Crippen LogP contribution in [0, 0.1) is 17.8 Å². The summed E-state index contributed by atoms with van der Waals surface area (Å²) >= 11 is 0. The molecule has 1 heterocycles. The molecular weight excluding hydrogens is 236 g/mol. The van der Waals surface area contributed by atoms with E-state index in [-0.39, 0.29) is 0 Å². The number of nitrogen functional groups attached to an aromatic ring is 1. The van der Waals surface area contributed by atoms with E-state index in [2.05, 4.69) is 21.9 Å². The van der Waals surface area contributed by atoms with E-state index in [1.54, 1.807) is 12.3 Å². The number of rotatable bonds is 2. The molecule has 0 unspecified atom stereocenters. The molecule has 4 bridgehead atoms. The van der Waals surface area contributed by atoms with Gasteiger partial charge in [0, 0.05) is 18.8 Å². The second-order valence-electron chi connectivity index (χ2n) is 6.98. The van der Waals surface area contributed by atoms with Crippen molar-refractivity contribution in [1.82, 2.24) is 9.97 Å². The molecule has 0 spiro atoms. The van der Waals surface area contributed by atoms with E-state index in [0.29, 0.717) is 11.4 Å². The maximum absolute atomic E-state index is 5.81. The largest absolute Gasteiger partial charge is 0.384 e. The van der Waals surface area contributed by atoms with Gasteiger partial charge in [-0.15, -0.1) is 0 Å². The van der Waals surface area contributed by atoms with Gasteiger partial charge < -0.3 is 10.6 Å². The zero-order chi connectivity index (χ0) is 13.0. The molecule has 4 heteroatoms. The topological polar surface area (TPSA) is 55.0 Å². The fourth-order valence-electron chi connectivity index (χ4n) is 5.21. The zero-order valence-electron chi connectivity index (χ0n) is 11.5. The van der Waals surface area contributed by atoms with Gasteiger partial charge in [-0.3, -0.25) is 0 Å². The first kappa shape index (κ1) is 11.5. The minimum Gasteiger partial charge on any atom is -0.384 e. The molecule has 2 N–H and O–H groups in total. The van der Waals surface area contributed by atoms with E-state index in [1.807, 2.05) is 0 Å². The van der Waals surface area contributed by atoms with Gasteiger partial charge in [0.1, 0.15) is 5.82 Å². The van der Waals surface area contributed by atoms with Crippen LogP contribution in [0.2, 0.25) is 0 Å². The Morgan fingerprint density at radius 1 is 1.16 bits per heavy atom. The predicted octanol–water partition coefficient (Wildman–Crippen LogP) is 2.46. The van der Waals surface area contributed by atoms with Gasteiger partial charge in [-0.05, 0) is 62.3 Å². The molecule has 4 aliphatic rings. The Labute approximate surface area is 114 Å². The van der Waals surface area contributed by atoms with Crippen molar-refractivity contribution in [3.63, 3.8) is 0 Å². The average Bonchev–Trinajstić information content (AvgIpc) is 2.36. The Morgan fingerprint density at radius 3 is 2.26 bits per heavy atom. The summed E-state index contributed by atoms with van der Waals surface area (Å²) in [4.78, 5) is 11.2. The summed E-state index contributed by atoms with van der Waals surface area (Å²) < 4.78 is 0.